The topological polar surface area (TPSA) is 141 Å². The SMILES string of the molecule is CNC(=O)[C@@H](NC(=O)c1cc(NC(=O)c2cc3ccccc3cn2)cc(B(O)O)c1)C1CCCCC1. The predicted molar refractivity (Wildman–Crippen MR) is 138 cm³/mol. The van der Waals surface area contributed by atoms with Crippen LogP contribution in [-0.2, 0) is 4.79 Å². The van der Waals surface area contributed by atoms with Gasteiger partial charge in [0.2, 0.25) is 5.91 Å². The van der Waals surface area contributed by atoms with Crippen LogP contribution in [0.5, 0.6) is 0 Å². The number of fused-ring (bicyclic) bond motifs is 1. The zero-order chi connectivity index (χ0) is 25.7. The second-order valence-corrected chi connectivity index (χ2v) is 9.05. The number of anilines is 1. The van der Waals surface area contributed by atoms with Crippen LogP contribution in [0.1, 0.15) is 53.0 Å². The summed E-state index contributed by atoms with van der Waals surface area (Å²) in [7, 11) is -0.332. The maximum atomic E-state index is 13.2. The van der Waals surface area contributed by atoms with Gasteiger partial charge in [-0.15, -0.1) is 0 Å². The number of hydrogen-bond acceptors (Lipinski definition) is 6. The second-order valence-electron chi connectivity index (χ2n) is 9.05. The Hall–Kier alpha value is -3.76. The second kappa shape index (κ2) is 11.3. The lowest BCUT2D eigenvalue weighted by Crippen LogP contribution is -2.50. The predicted octanol–water partition coefficient (Wildman–Crippen LogP) is 1.59. The van der Waals surface area contributed by atoms with Crippen molar-refractivity contribution >= 4 is 46.8 Å². The maximum absolute atomic E-state index is 13.2. The largest absolute Gasteiger partial charge is 0.488 e. The lowest BCUT2D eigenvalue weighted by Gasteiger charge is -2.29. The molecule has 0 bridgehead atoms. The summed E-state index contributed by atoms with van der Waals surface area (Å²) in [6, 6.07) is 12.6. The molecule has 10 heteroatoms. The molecule has 0 spiro atoms. The highest BCUT2D eigenvalue weighted by Crippen LogP contribution is 2.27. The van der Waals surface area contributed by atoms with E-state index in [0.717, 1.165) is 42.9 Å². The van der Waals surface area contributed by atoms with Gasteiger partial charge in [0.05, 0.1) is 0 Å². The van der Waals surface area contributed by atoms with Crippen LogP contribution in [0.3, 0.4) is 0 Å². The molecule has 3 amide bonds. The van der Waals surface area contributed by atoms with Crippen molar-refractivity contribution in [3.05, 3.63) is 66.0 Å². The van der Waals surface area contributed by atoms with Gasteiger partial charge in [-0.3, -0.25) is 19.4 Å². The summed E-state index contributed by atoms with van der Waals surface area (Å²) in [5.74, 6) is -1.31. The minimum Gasteiger partial charge on any atom is -0.423 e. The summed E-state index contributed by atoms with van der Waals surface area (Å²) in [5, 5.41) is 29.4. The molecule has 1 atom stereocenters. The third-order valence-corrected chi connectivity index (χ3v) is 6.57. The first-order valence-electron chi connectivity index (χ1n) is 12.1. The highest BCUT2D eigenvalue weighted by Gasteiger charge is 2.31. The highest BCUT2D eigenvalue weighted by molar-refractivity contribution is 6.58. The van der Waals surface area contributed by atoms with Gasteiger partial charge in [-0.2, -0.15) is 0 Å². The molecule has 0 saturated heterocycles. The van der Waals surface area contributed by atoms with Crippen molar-refractivity contribution in [2.75, 3.05) is 12.4 Å². The number of nitrogens with zero attached hydrogens (tertiary/aromatic N) is 1. The van der Waals surface area contributed by atoms with Crippen molar-refractivity contribution in [3.8, 4) is 0 Å². The lowest BCUT2D eigenvalue weighted by atomic mass is 9.79. The van der Waals surface area contributed by atoms with Crippen molar-refractivity contribution < 1.29 is 24.4 Å². The van der Waals surface area contributed by atoms with Gasteiger partial charge in [0, 0.05) is 29.9 Å². The molecule has 186 valence electrons. The Morgan fingerprint density at radius 3 is 2.39 bits per heavy atom. The van der Waals surface area contributed by atoms with E-state index in [1.54, 1.807) is 12.3 Å². The molecule has 0 radical (unpaired) electrons. The molecule has 0 aliphatic heterocycles. The number of carbonyl (C=O) groups excluding carboxylic acids is 3. The standard InChI is InChI=1S/C26H29BN4O5/c1-28-26(34)23(16-7-3-2-4-8-16)31-24(32)19-11-20(27(35)36)14-21(12-19)30-25(33)22-13-17-9-5-6-10-18(17)15-29-22/h5-6,9-16,23,35-36H,2-4,7-8H2,1H3,(H,28,34)(H,30,33)(H,31,32)/t23-/m0/s1. The normalized spacial score (nSPS) is 14.6. The van der Waals surface area contributed by atoms with Crippen LogP contribution < -0.4 is 21.4 Å². The Balaban J connectivity index is 1.57. The van der Waals surface area contributed by atoms with Gasteiger partial charge in [0.25, 0.3) is 11.8 Å². The Labute approximate surface area is 209 Å². The molecular weight excluding hydrogens is 459 g/mol. The number of carbonyl (C=O) groups is 3. The van der Waals surface area contributed by atoms with E-state index in [1.807, 2.05) is 24.3 Å². The number of rotatable bonds is 7. The average Bonchev–Trinajstić information content (AvgIpc) is 2.91. The molecule has 1 aliphatic carbocycles. The fraction of sp³-hybridized carbons (Fsp3) is 0.308. The van der Waals surface area contributed by atoms with E-state index in [-0.39, 0.29) is 34.2 Å². The van der Waals surface area contributed by atoms with E-state index in [1.165, 1.54) is 25.2 Å². The fourth-order valence-electron chi connectivity index (χ4n) is 4.65. The van der Waals surface area contributed by atoms with Gasteiger partial charge in [-0.25, -0.2) is 0 Å². The first kappa shape index (κ1) is 25.3. The Morgan fingerprint density at radius 1 is 0.972 bits per heavy atom. The monoisotopic (exact) mass is 488 g/mol. The van der Waals surface area contributed by atoms with Crippen LogP contribution >= 0.6 is 0 Å². The molecule has 1 aromatic heterocycles. The molecule has 3 aromatic rings. The molecule has 1 saturated carbocycles. The molecule has 5 N–H and O–H groups in total. The summed E-state index contributed by atoms with van der Waals surface area (Å²) in [5.41, 5.74) is 0.483. The van der Waals surface area contributed by atoms with E-state index in [2.05, 4.69) is 20.9 Å². The van der Waals surface area contributed by atoms with E-state index in [0.29, 0.717) is 0 Å². The van der Waals surface area contributed by atoms with Crippen molar-refractivity contribution in [1.82, 2.24) is 15.6 Å². The van der Waals surface area contributed by atoms with E-state index in [9.17, 15) is 24.4 Å². The van der Waals surface area contributed by atoms with Crippen molar-refractivity contribution in [1.29, 1.82) is 0 Å². The van der Waals surface area contributed by atoms with Gasteiger partial charge in [0.15, 0.2) is 0 Å². The van der Waals surface area contributed by atoms with E-state index in [4.69, 9.17) is 0 Å². The van der Waals surface area contributed by atoms with Gasteiger partial charge >= 0.3 is 7.12 Å². The zero-order valence-electron chi connectivity index (χ0n) is 20.0. The quantitative estimate of drug-likeness (QED) is 0.320. The minimum absolute atomic E-state index is 0.0208. The summed E-state index contributed by atoms with van der Waals surface area (Å²) in [6.45, 7) is 0. The van der Waals surface area contributed by atoms with Crippen LogP contribution in [0.15, 0.2) is 54.7 Å². The summed E-state index contributed by atoms with van der Waals surface area (Å²) in [4.78, 5) is 42.8. The van der Waals surface area contributed by atoms with Crippen molar-refractivity contribution in [2.24, 2.45) is 5.92 Å². The number of nitrogens with one attached hydrogen (secondary N) is 3. The molecule has 2 aromatic carbocycles. The number of likely N-dealkylation sites (N-methyl/N-ethyl adjacent to an activating group) is 1. The third-order valence-electron chi connectivity index (χ3n) is 6.57. The Kier molecular flexibility index (Phi) is 7.97. The van der Waals surface area contributed by atoms with Crippen LogP contribution in [0.4, 0.5) is 5.69 Å². The molecular formula is C26H29BN4O5. The summed E-state index contributed by atoms with van der Waals surface area (Å²) in [6.07, 6.45) is 6.39. The van der Waals surface area contributed by atoms with Crippen LogP contribution in [-0.4, -0.2) is 53.0 Å². The van der Waals surface area contributed by atoms with Crippen LogP contribution in [0.2, 0.25) is 0 Å². The lowest BCUT2D eigenvalue weighted by molar-refractivity contribution is -0.124. The van der Waals surface area contributed by atoms with Crippen molar-refractivity contribution in [2.45, 2.75) is 38.1 Å². The highest BCUT2D eigenvalue weighted by atomic mass is 16.4. The zero-order valence-corrected chi connectivity index (χ0v) is 20.0. The first-order valence-corrected chi connectivity index (χ1v) is 12.1. The number of aromatic nitrogens is 1. The average molecular weight is 488 g/mol. The molecule has 1 fully saturated rings. The summed E-state index contributed by atoms with van der Waals surface area (Å²) < 4.78 is 0. The fourth-order valence-corrected chi connectivity index (χ4v) is 4.65. The number of amides is 3. The molecule has 1 heterocycles. The Morgan fingerprint density at radius 2 is 1.69 bits per heavy atom. The number of benzene rings is 2. The molecule has 4 rings (SSSR count). The van der Waals surface area contributed by atoms with Gasteiger partial charge < -0.3 is 26.0 Å². The van der Waals surface area contributed by atoms with Crippen LogP contribution in [0, 0.1) is 5.92 Å². The van der Waals surface area contributed by atoms with Crippen LogP contribution in [0.25, 0.3) is 10.8 Å². The third kappa shape index (κ3) is 5.89. The molecule has 0 unspecified atom stereocenters. The molecule has 36 heavy (non-hydrogen) atoms. The van der Waals surface area contributed by atoms with Gasteiger partial charge in [-0.05, 0) is 53.9 Å². The van der Waals surface area contributed by atoms with Crippen molar-refractivity contribution in [3.63, 3.8) is 0 Å². The van der Waals surface area contributed by atoms with E-state index >= 15 is 0 Å². The number of pyridine rings is 1. The Bertz CT molecular complexity index is 1280. The van der Waals surface area contributed by atoms with Gasteiger partial charge in [0.1, 0.15) is 11.7 Å². The summed E-state index contributed by atoms with van der Waals surface area (Å²) >= 11 is 0. The number of hydrogen-bond donors (Lipinski definition) is 5. The van der Waals surface area contributed by atoms with E-state index < -0.39 is 25.0 Å². The first-order chi connectivity index (χ1) is 17.4. The maximum Gasteiger partial charge on any atom is 0.488 e. The smallest absolute Gasteiger partial charge is 0.423 e. The molecule has 9 nitrogen and oxygen atoms in total. The van der Waals surface area contributed by atoms with Gasteiger partial charge in [-0.1, -0.05) is 43.5 Å². The minimum atomic E-state index is -1.86. The molecule has 1 aliphatic rings.